The lowest BCUT2D eigenvalue weighted by Gasteiger charge is -2.15. The molecule has 0 bridgehead atoms. The van der Waals surface area contributed by atoms with Gasteiger partial charge in [-0.3, -0.25) is 4.98 Å². The second-order valence-corrected chi connectivity index (χ2v) is 9.41. The molecule has 4 heterocycles. The lowest BCUT2D eigenvalue weighted by Crippen LogP contribution is -2.11. The highest BCUT2D eigenvalue weighted by Crippen LogP contribution is 2.38. The number of pyridine rings is 2. The lowest BCUT2D eigenvalue weighted by atomic mass is 10.0. The van der Waals surface area contributed by atoms with E-state index in [2.05, 4.69) is 38.9 Å². The Morgan fingerprint density at radius 3 is 2.74 bits per heavy atom. The van der Waals surface area contributed by atoms with Crippen LogP contribution < -0.4 is 9.47 Å². The molecule has 1 aliphatic heterocycles. The highest BCUT2D eigenvalue weighted by molar-refractivity contribution is 7.99. The third-order valence-corrected chi connectivity index (χ3v) is 7.20. The Labute approximate surface area is 207 Å². The van der Waals surface area contributed by atoms with Gasteiger partial charge in [0, 0.05) is 40.7 Å². The third-order valence-electron chi connectivity index (χ3n) is 6.06. The SMILES string of the molecule is COc1cccc2cccc(-c3nc(-c4ccnc(Oc5cccnc5)c4)nn3C3CCSC3)c12. The monoisotopic (exact) mass is 481 g/mol. The summed E-state index contributed by atoms with van der Waals surface area (Å²) in [6.45, 7) is 0. The Kier molecular flexibility index (Phi) is 5.79. The number of fused-ring (bicyclic) bond motifs is 1. The number of rotatable bonds is 6. The molecule has 0 radical (unpaired) electrons. The van der Waals surface area contributed by atoms with Gasteiger partial charge in [-0.25, -0.2) is 14.6 Å². The molecule has 35 heavy (non-hydrogen) atoms. The van der Waals surface area contributed by atoms with Gasteiger partial charge >= 0.3 is 0 Å². The van der Waals surface area contributed by atoms with Crippen molar-refractivity contribution < 1.29 is 9.47 Å². The van der Waals surface area contributed by atoms with Gasteiger partial charge in [0.15, 0.2) is 11.6 Å². The standard InChI is InChI=1S/C27H23N5O2S/c1-33-23-9-3-6-18-5-2-8-22(25(18)23)27-30-26(31-32(27)20-11-14-35-17-20)19-10-13-29-24(15-19)34-21-7-4-12-28-16-21/h2-10,12-13,15-16,20H,11,14,17H2,1H3. The van der Waals surface area contributed by atoms with Crippen molar-refractivity contribution >= 4 is 22.5 Å². The van der Waals surface area contributed by atoms with Gasteiger partial charge in [-0.05, 0) is 41.8 Å². The van der Waals surface area contributed by atoms with Gasteiger partial charge in [-0.1, -0.05) is 30.3 Å². The molecule has 1 atom stereocenters. The van der Waals surface area contributed by atoms with Crippen LogP contribution in [0.1, 0.15) is 12.5 Å². The van der Waals surface area contributed by atoms with Crippen LogP contribution in [0.25, 0.3) is 33.5 Å². The lowest BCUT2D eigenvalue weighted by molar-refractivity contribution is 0.420. The van der Waals surface area contributed by atoms with Crippen molar-refractivity contribution in [1.29, 1.82) is 0 Å². The molecule has 0 saturated carbocycles. The van der Waals surface area contributed by atoms with Crippen molar-refractivity contribution in [2.24, 2.45) is 0 Å². The largest absolute Gasteiger partial charge is 0.496 e. The molecular formula is C27H23N5O2S. The molecule has 0 amide bonds. The van der Waals surface area contributed by atoms with Crippen LogP contribution >= 0.6 is 11.8 Å². The van der Waals surface area contributed by atoms with Gasteiger partial charge in [0.05, 0.1) is 19.3 Å². The minimum Gasteiger partial charge on any atom is -0.496 e. The molecule has 7 nitrogen and oxygen atoms in total. The average molecular weight is 482 g/mol. The first-order chi connectivity index (χ1) is 17.3. The maximum atomic E-state index is 5.89. The molecule has 1 saturated heterocycles. The average Bonchev–Trinajstić information content (AvgIpc) is 3.59. The highest BCUT2D eigenvalue weighted by atomic mass is 32.2. The predicted octanol–water partition coefficient (Wildman–Crippen LogP) is 6.03. The normalized spacial score (nSPS) is 15.4. The fourth-order valence-corrected chi connectivity index (χ4v) is 5.58. The number of aromatic nitrogens is 5. The summed E-state index contributed by atoms with van der Waals surface area (Å²) in [4.78, 5) is 13.5. The third kappa shape index (κ3) is 4.21. The maximum Gasteiger partial charge on any atom is 0.219 e. The second-order valence-electron chi connectivity index (χ2n) is 8.26. The summed E-state index contributed by atoms with van der Waals surface area (Å²) in [5.41, 5.74) is 1.85. The van der Waals surface area contributed by atoms with Gasteiger partial charge in [-0.2, -0.15) is 16.9 Å². The zero-order valence-electron chi connectivity index (χ0n) is 19.2. The van der Waals surface area contributed by atoms with Crippen LogP contribution in [0.4, 0.5) is 0 Å². The molecule has 0 spiro atoms. The summed E-state index contributed by atoms with van der Waals surface area (Å²) in [5, 5.41) is 7.15. The summed E-state index contributed by atoms with van der Waals surface area (Å²) in [7, 11) is 1.70. The van der Waals surface area contributed by atoms with Gasteiger partial charge in [0.1, 0.15) is 11.5 Å². The molecule has 1 aliphatic rings. The van der Waals surface area contributed by atoms with E-state index < -0.39 is 0 Å². The van der Waals surface area contributed by atoms with E-state index in [1.807, 2.05) is 48.2 Å². The first-order valence-electron chi connectivity index (χ1n) is 11.4. The molecule has 0 N–H and O–H groups in total. The minimum absolute atomic E-state index is 0.286. The minimum atomic E-state index is 0.286. The summed E-state index contributed by atoms with van der Waals surface area (Å²) in [5.74, 6) is 5.54. The Bertz CT molecular complexity index is 1480. The molecule has 0 aliphatic carbocycles. The van der Waals surface area contributed by atoms with Crippen molar-refractivity contribution in [2.75, 3.05) is 18.6 Å². The number of ether oxygens (including phenoxy) is 2. The smallest absolute Gasteiger partial charge is 0.219 e. The molecule has 5 aromatic rings. The Morgan fingerprint density at radius 2 is 1.94 bits per heavy atom. The first-order valence-corrected chi connectivity index (χ1v) is 12.6. The molecule has 6 rings (SSSR count). The van der Waals surface area contributed by atoms with E-state index in [0.29, 0.717) is 17.5 Å². The Balaban J connectivity index is 1.47. The second kappa shape index (κ2) is 9.38. The summed E-state index contributed by atoms with van der Waals surface area (Å²) in [6, 6.07) is 20.1. The number of nitrogens with zero attached hydrogens (tertiary/aromatic N) is 5. The van der Waals surface area contributed by atoms with Crippen molar-refractivity contribution in [3.8, 4) is 40.2 Å². The van der Waals surface area contributed by atoms with Crippen molar-refractivity contribution in [3.63, 3.8) is 0 Å². The fourth-order valence-electron chi connectivity index (χ4n) is 4.39. The topological polar surface area (TPSA) is 75.0 Å². The van der Waals surface area contributed by atoms with Gasteiger partial charge in [0.25, 0.3) is 0 Å². The molecular weight excluding hydrogens is 458 g/mol. The number of benzene rings is 2. The fraction of sp³-hybridized carbons (Fsp3) is 0.185. The summed E-state index contributed by atoms with van der Waals surface area (Å²) in [6.07, 6.45) is 6.14. The van der Waals surface area contributed by atoms with Crippen LogP contribution in [0, 0.1) is 0 Å². The van der Waals surface area contributed by atoms with Crippen molar-refractivity contribution in [3.05, 3.63) is 79.3 Å². The van der Waals surface area contributed by atoms with E-state index in [1.165, 1.54) is 0 Å². The summed E-state index contributed by atoms with van der Waals surface area (Å²) >= 11 is 1.95. The van der Waals surface area contributed by atoms with Gasteiger partial charge < -0.3 is 9.47 Å². The molecule has 1 unspecified atom stereocenters. The van der Waals surface area contributed by atoms with Crippen LogP contribution in [0.5, 0.6) is 17.4 Å². The van der Waals surface area contributed by atoms with Crippen molar-refractivity contribution in [1.82, 2.24) is 24.7 Å². The van der Waals surface area contributed by atoms with Gasteiger partial charge in [0.2, 0.25) is 5.88 Å². The van der Waals surface area contributed by atoms with E-state index in [-0.39, 0.29) is 6.04 Å². The van der Waals surface area contributed by atoms with Crippen LogP contribution in [0.3, 0.4) is 0 Å². The Hall–Kier alpha value is -3.91. The zero-order valence-corrected chi connectivity index (χ0v) is 20.0. The molecule has 8 heteroatoms. The Morgan fingerprint density at radius 1 is 1.03 bits per heavy atom. The predicted molar refractivity (Wildman–Crippen MR) is 138 cm³/mol. The van der Waals surface area contributed by atoms with Crippen LogP contribution in [-0.4, -0.2) is 43.3 Å². The number of methoxy groups -OCH3 is 1. The van der Waals surface area contributed by atoms with E-state index in [9.17, 15) is 0 Å². The molecule has 2 aromatic carbocycles. The number of thioether (sulfide) groups is 1. The summed E-state index contributed by atoms with van der Waals surface area (Å²) < 4.78 is 13.7. The highest BCUT2D eigenvalue weighted by Gasteiger charge is 2.25. The molecule has 3 aromatic heterocycles. The van der Waals surface area contributed by atoms with E-state index in [4.69, 9.17) is 19.6 Å². The number of hydrogen-bond acceptors (Lipinski definition) is 7. The van der Waals surface area contributed by atoms with E-state index in [1.54, 1.807) is 25.7 Å². The van der Waals surface area contributed by atoms with Crippen LogP contribution in [-0.2, 0) is 0 Å². The molecule has 174 valence electrons. The van der Waals surface area contributed by atoms with Crippen molar-refractivity contribution in [2.45, 2.75) is 12.5 Å². The maximum absolute atomic E-state index is 5.89. The molecule has 1 fully saturated rings. The number of hydrogen-bond donors (Lipinski definition) is 0. The van der Waals surface area contributed by atoms with Crippen LogP contribution in [0.2, 0.25) is 0 Å². The quantitative estimate of drug-likeness (QED) is 0.293. The van der Waals surface area contributed by atoms with Gasteiger partial charge in [-0.15, -0.1) is 0 Å². The first kappa shape index (κ1) is 21.6. The van der Waals surface area contributed by atoms with Crippen LogP contribution in [0.15, 0.2) is 79.3 Å². The van der Waals surface area contributed by atoms with E-state index >= 15 is 0 Å². The van der Waals surface area contributed by atoms with E-state index in [0.717, 1.165) is 51.4 Å². The zero-order chi connectivity index (χ0) is 23.6.